The van der Waals surface area contributed by atoms with E-state index in [9.17, 15) is 4.39 Å². The molecule has 0 atom stereocenters. The lowest BCUT2D eigenvalue weighted by molar-refractivity contribution is -0.229. The molecule has 2 aromatic carbocycles. The summed E-state index contributed by atoms with van der Waals surface area (Å²) in [4.78, 5) is 0. The van der Waals surface area contributed by atoms with Gasteiger partial charge in [-0.05, 0) is 73.3 Å². The number of halogens is 2. The molecule has 0 bridgehead atoms. The van der Waals surface area contributed by atoms with Crippen LogP contribution in [0.1, 0.15) is 50.0 Å². The third kappa shape index (κ3) is 5.14. The van der Waals surface area contributed by atoms with Crippen LogP contribution in [-0.2, 0) is 9.47 Å². The molecule has 1 saturated heterocycles. The van der Waals surface area contributed by atoms with Crippen molar-refractivity contribution in [2.24, 2.45) is 11.8 Å². The molecule has 30 heavy (non-hydrogen) atoms. The Morgan fingerprint density at radius 3 is 2.27 bits per heavy atom. The fraction of sp³-hybridized carbons (Fsp3) is 0.462. The molecule has 4 rings (SSSR count). The summed E-state index contributed by atoms with van der Waals surface area (Å²) in [7, 11) is 0. The van der Waals surface area contributed by atoms with E-state index >= 15 is 0 Å². The predicted octanol–water partition coefficient (Wildman–Crippen LogP) is 7.38. The zero-order chi connectivity index (χ0) is 20.9. The van der Waals surface area contributed by atoms with Crippen molar-refractivity contribution >= 4 is 11.6 Å². The summed E-state index contributed by atoms with van der Waals surface area (Å²) in [6.07, 6.45) is 8.64. The Balaban J connectivity index is 1.29. The standard InChI is InChI=1S/C26H30ClFO2/c1-2-3-4-18-16-29-26(30-17-18)22-11-9-20(10-12-22)19-5-7-21(8-6-19)23-13-14-24(27)25(28)15-23/h2,5-8,13-15,18,20,22,26H,1,3-4,9-12,16-17H2/t18-,20?,22?,26-. The Labute approximate surface area is 184 Å². The molecular formula is C26H30ClFO2. The molecule has 2 aromatic rings. The van der Waals surface area contributed by atoms with Crippen LogP contribution in [0.25, 0.3) is 11.1 Å². The van der Waals surface area contributed by atoms with Crippen LogP contribution in [0.3, 0.4) is 0 Å². The molecule has 1 heterocycles. The van der Waals surface area contributed by atoms with Crippen LogP contribution in [0.2, 0.25) is 5.02 Å². The van der Waals surface area contributed by atoms with E-state index in [0.29, 0.717) is 17.8 Å². The van der Waals surface area contributed by atoms with Crippen molar-refractivity contribution in [1.29, 1.82) is 0 Å². The zero-order valence-corrected chi connectivity index (χ0v) is 18.1. The lowest BCUT2D eigenvalue weighted by atomic mass is 9.78. The number of benzene rings is 2. The first-order valence-corrected chi connectivity index (χ1v) is 11.4. The Bertz CT molecular complexity index is 835. The van der Waals surface area contributed by atoms with Crippen LogP contribution in [0, 0.1) is 17.7 Å². The number of allylic oxidation sites excluding steroid dienone is 1. The van der Waals surface area contributed by atoms with E-state index in [4.69, 9.17) is 21.1 Å². The van der Waals surface area contributed by atoms with Crippen molar-refractivity contribution < 1.29 is 13.9 Å². The molecule has 1 aliphatic heterocycles. The second-order valence-corrected chi connectivity index (χ2v) is 9.04. The van der Waals surface area contributed by atoms with E-state index in [2.05, 4.69) is 30.8 Å². The van der Waals surface area contributed by atoms with Gasteiger partial charge in [0.2, 0.25) is 0 Å². The van der Waals surface area contributed by atoms with Crippen LogP contribution < -0.4 is 0 Å². The van der Waals surface area contributed by atoms with Crippen LogP contribution in [0.5, 0.6) is 0 Å². The largest absolute Gasteiger partial charge is 0.352 e. The molecule has 0 aromatic heterocycles. The normalized spacial score (nSPS) is 27.0. The highest BCUT2D eigenvalue weighted by Crippen LogP contribution is 2.39. The summed E-state index contributed by atoms with van der Waals surface area (Å²) in [5.41, 5.74) is 3.23. The maximum atomic E-state index is 13.7. The first-order chi connectivity index (χ1) is 14.6. The molecule has 0 unspecified atom stereocenters. The van der Waals surface area contributed by atoms with E-state index in [-0.39, 0.29) is 17.1 Å². The van der Waals surface area contributed by atoms with E-state index in [0.717, 1.165) is 62.9 Å². The molecule has 1 aliphatic carbocycles. The Morgan fingerprint density at radius 1 is 0.967 bits per heavy atom. The summed E-state index contributed by atoms with van der Waals surface area (Å²) < 4.78 is 25.9. The Kier molecular flexibility index (Phi) is 7.24. The molecule has 0 amide bonds. The van der Waals surface area contributed by atoms with Crippen LogP contribution in [0.4, 0.5) is 4.39 Å². The first-order valence-electron chi connectivity index (χ1n) is 11.0. The molecule has 2 aliphatic rings. The Morgan fingerprint density at radius 2 is 1.63 bits per heavy atom. The fourth-order valence-corrected chi connectivity index (χ4v) is 4.82. The fourth-order valence-electron chi connectivity index (χ4n) is 4.70. The van der Waals surface area contributed by atoms with Crippen LogP contribution in [-0.4, -0.2) is 19.5 Å². The van der Waals surface area contributed by atoms with E-state index in [1.54, 1.807) is 6.07 Å². The topological polar surface area (TPSA) is 18.5 Å². The van der Waals surface area contributed by atoms with Gasteiger partial charge in [0.1, 0.15) is 5.82 Å². The lowest BCUT2D eigenvalue weighted by Crippen LogP contribution is -2.38. The van der Waals surface area contributed by atoms with Gasteiger partial charge in [0.25, 0.3) is 0 Å². The summed E-state index contributed by atoms with van der Waals surface area (Å²) in [5, 5.41) is 0.158. The van der Waals surface area contributed by atoms with Gasteiger partial charge in [0.05, 0.1) is 18.2 Å². The molecular weight excluding hydrogens is 399 g/mol. The van der Waals surface area contributed by atoms with Gasteiger partial charge in [-0.25, -0.2) is 4.39 Å². The minimum absolute atomic E-state index is 0.0342. The molecule has 160 valence electrons. The average Bonchev–Trinajstić information content (AvgIpc) is 2.80. The maximum Gasteiger partial charge on any atom is 0.160 e. The van der Waals surface area contributed by atoms with Crippen LogP contribution in [0.15, 0.2) is 55.1 Å². The third-order valence-corrected chi connectivity index (χ3v) is 6.87. The quantitative estimate of drug-likeness (QED) is 0.447. The molecule has 1 saturated carbocycles. The lowest BCUT2D eigenvalue weighted by Gasteiger charge is -2.37. The predicted molar refractivity (Wildman–Crippen MR) is 120 cm³/mol. The van der Waals surface area contributed by atoms with Gasteiger partial charge in [-0.1, -0.05) is 48.0 Å². The first kappa shape index (κ1) is 21.5. The monoisotopic (exact) mass is 428 g/mol. The summed E-state index contributed by atoms with van der Waals surface area (Å²) in [6, 6.07) is 13.5. The minimum Gasteiger partial charge on any atom is -0.352 e. The summed E-state index contributed by atoms with van der Waals surface area (Å²) in [6.45, 7) is 5.41. The molecule has 4 heteroatoms. The second kappa shape index (κ2) is 10.1. The van der Waals surface area contributed by atoms with Crippen molar-refractivity contribution in [2.45, 2.75) is 50.7 Å². The number of rotatable bonds is 6. The average molecular weight is 429 g/mol. The van der Waals surface area contributed by atoms with Crippen molar-refractivity contribution in [3.8, 4) is 11.1 Å². The summed E-state index contributed by atoms with van der Waals surface area (Å²) in [5.74, 6) is 1.19. The second-order valence-electron chi connectivity index (χ2n) is 8.63. The summed E-state index contributed by atoms with van der Waals surface area (Å²) >= 11 is 5.79. The van der Waals surface area contributed by atoms with Gasteiger partial charge in [0, 0.05) is 11.8 Å². The Hall–Kier alpha value is -1.68. The smallest absolute Gasteiger partial charge is 0.160 e. The van der Waals surface area contributed by atoms with Gasteiger partial charge < -0.3 is 9.47 Å². The molecule has 0 spiro atoms. The maximum absolute atomic E-state index is 13.7. The van der Waals surface area contributed by atoms with Crippen molar-refractivity contribution in [2.75, 3.05) is 13.2 Å². The van der Waals surface area contributed by atoms with Gasteiger partial charge in [-0.2, -0.15) is 0 Å². The highest BCUT2D eigenvalue weighted by atomic mass is 35.5. The van der Waals surface area contributed by atoms with E-state index < -0.39 is 0 Å². The van der Waals surface area contributed by atoms with Gasteiger partial charge in [0.15, 0.2) is 6.29 Å². The molecule has 0 N–H and O–H groups in total. The molecule has 2 nitrogen and oxygen atoms in total. The number of ether oxygens (including phenoxy) is 2. The van der Waals surface area contributed by atoms with Crippen LogP contribution >= 0.6 is 11.6 Å². The third-order valence-electron chi connectivity index (χ3n) is 6.56. The van der Waals surface area contributed by atoms with Gasteiger partial charge >= 0.3 is 0 Å². The van der Waals surface area contributed by atoms with E-state index in [1.165, 1.54) is 11.6 Å². The number of hydrogen-bond donors (Lipinski definition) is 0. The number of hydrogen-bond acceptors (Lipinski definition) is 2. The highest BCUT2D eigenvalue weighted by Gasteiger charge is 2.32. The highest BCUT2D eigenvalue weighted by molar-refractivity contribution is 6.30. The minimum atomic E-state index is -0.379. The van der Waals surface area contributed by atoms with Gasteiger partial charge in [-0.15, -0.1) is 6.58 Å². The van der Waals surface area contributed by atoms with Crippen molar-refractivity contribution in [1.82, 2.24) is 0 Å². The van der Waals surface area contributed by atoms with Crippen molar-refractivity contribution in [3.05, 3.63) is 71.5 Å². The van der Waals surface area contributed by atoms with Gasteiger partial charge in [-0.3, -0.25) is 0 Å². The molecule has 2 fully saturated rings. The van der Waals surface area contributed by atoms with E-state index in [1.807, 2.05) is 12.1 Å². The SMILES string of the molecule is C=CCC[C@H]1CO[C@H](C2CCC(c3ccc(-c4ccc(Cl)c(F)c4)cc3)CC2)OC1. The zero-order valence-electron chi connectivity index (χ0n) is 17.4. The van der Waals surface area contributed by atoms with Crippen molar-refractivity contribution in [3.63, 3.8) is 0 Å². The molecule has 0 radical (unpaired) electrons.